The third kappa shape index (κ3) is 4.75. The van der Waals surface area contributed by atoms with Gasteiger partial charge >= 0.3 is 0 Å². The van der Waals surface area contributed by atoms with Crippen molar-refractivity contribution in [1.82, 2.24) is 19.8 Å². The largest absolute Gasteiger partial charge is 0.357 e. The number of para-hydroxylation sites is 2. The summed E-state index contributed by atoms with van der Waals surface area (Å²) in [6, 6.07) is 18.6. The van der Waals surface area contributed by atoms with E-state index in [0.29, 0.717) is 6.54 Å². The minimum atomic E-state index is 0. The molecule has 1 heterocycles. The van der Waals surface area contributed by atoms with E-state index in [1.807, 2.05) is 31.3 Å². The Kier molecular flexibility index (Phi) is 7.44. The molecule has 138 valence electrons. The van der Waals surface area contributed by atoms with E-state index in [1.165, 1.54) is 5.56 Å². The summed E-state index contributed by atoms with van der Waals surface area (Å²) in [6.45, 7) is 4.28. The number of halogens is 1. The minimum absolute atomic E-state index is 0. The lowest BCUT2D eigenvalue weighted by Gasteiger charge is -2.22. The summed E-state index contributed by atoms with van der Waals surface area (Å²) in [6.07, 6.45) is 0. The first-order chi connectivity index (χ1) is 12.2. The lowest BCUT2D eigenvalue weighted by atomic mass is 10.2. The van der Waals surface area contributed by atoms with Crippen LogP contribution in [0.3, 0.4) is 0 Å². The predicted octanol–water partition coefficient (Wildman–Crippen LogP) is 3.79. The van der Waals surface area contributed by atoms with Crippen molar-refractivity contribution < 1.29 is 0 Å². The summed E-state index contributed by atoms with van der Waals surface area (Å²) in [4.78, 5) is 11.6. The summed E-state index contributed by atoms with van der Waals surface area (Å²) in [5.41, 5.74) is 3.41. The molecule has 5 nitrogen and oxygen atoms in total. The van der Waals surface area contributed by atoms with Gasteiger partial charge in [0.2, 0.25) is 0 Å². The van der Waals surface area contributed by atoms with Gasteiger partial charge in [-0.25, -0.2) is 9.98 Å². The molecule has 0 fully saturated rings. The zero-order chi connectivity index (χ0) is 17.6. The smallest absolute Gasteiger partial charge is 0.194 e. The number of guanidine groups is 1. The first kappa shape index (κ1) is 20.2. The quantitative estimate of drug-likeness (QED) is 0.356. The molecule has 3 aromatic rings. The first-order valence-electron chi connectivity index (χ1n) is 8.62. The monoisotopic (exact) mass is 463 g/mol. The van der Waals surface area contributed by atoms with Crippen molar-refractivity contribution in [2.45, 2.75) is 20.0 Å². The summed E-state index contributed by atoms with van der Waals surface area (Å²) < 4.78 is 2.11. The molecule has 1 aromatic heterocycles. The molecular formula is C20H26IN5. The van der Waals surface area contributed by atoms with E-state index in [4.69, 9.17) is 9.98 Å². The molecule has 0 aliphatic heterocycles. The Labute approximate surface area is 172 Å². The second-order valence-corrected chi connectivity index (χ2v) is 6.09. The second-order valence-electron chi connectivity index (χ2n) is 6.09. The molecule has 0 spiro atoms. The number of nitrogens with zero attached hydrogens (tertiary/aromatic N) is 4. The summed E-state index contributed by atoms with van der Waals surface area (Å²) in [7, 11) is 4.10. The number of hydrogen-bond donors (Lipinski definition) is 1. The van der Waals surface area contributed by atoms with Gasteiger partial charge in [-0.2, -0.15) is 0 Å². The number of aliphatic imine (C=N–C) groups is 1. The molecule has 0 aliphatic rings. The summed E-state index contributed by atoms with van der Waals surface area (Å²) in [5, 5.41) is 3.36. The van der Waals surface area contributed by atoms with E-state index in [-0.39, 0.29) is 24.0 Å². The summed E-state index contributed by atoms with van der Waals surface area (Å²) in [5.74, 6) is 1.85. The standard InChI is InChI=1S/C20H25N5.HI/c1-4-21-20(24(2)15-16-10-6-5-7-11-16)22-14-19-23-17-12-8-9-13-18(17)25(19)3;/h5-13H,4,14-15H2,1-3H3,(H,21,22);1H. The highest BCUT2D eigenvalue weighted by molar-refractivity contribution is 14.0. The fourth-order valence-corrected chi connectivity index (χ4v) is 2.88. The van der Waals surface area contributed by atoms with E-state index in [2.05, 4.69) is 59.1 Å². The molecule has 1 N–H and O–H groups in total. The van der Waals surface area contributed by atoms with Crippen LogP contribution in [0.2, 0.25) is 0 Å². The maximum atomic E-state index is 4.78. The molecule has 3 rings (SSSR count). The second kappa shape index (κ2) is 9.56. The molecule has 0 saturated heterocycles. The van der Waals surface area contributed by atoms with Gasteiger partial charge in [-0.1, -0.05) is 42.5 Å². The Morgan fingerprint density at radius 2 is 1.81 bits per heavy atom. The lowest BCUT2D eigenvalue weighted by molar-refractivity contribution is 0.476. The van der Waals surface area contributed by atoms with Gasteiger partial charge in [0.05, 0.1) is 11.0 Å². The van der Waals surface area contributed by atoms with E-state index in [0.717, 1.165) is 35.9 Å². The average molecular weight is 463 g/mol. The number of rotatable bonds is 5. The SMILES string of the molecule is CCNC(=NCc1nc2ccccc2n1C)N(C)Cc1ccccc1.I. The van der Waals surface area contributed by atoms with Gasteiger partial charge in [-0.3, -0.25) is 0 Å². The van der Waals surface area contributed by atoms with Crippen LogP contribution in [0.15, 0.2) is 59.6 Å². The molecule has 2 aromatic carbocycles. The predicted molar refractivity (Wildman–Crippen MR) is 119 cm³/mol. The molecule has 0 atom stereocenters. The minimum Gasteiger partial charge on any atom is -0.357 e. The Hall–Kier alpha value is -2.09. The fraction of sp³-hybridized carbons (Fsp3) is 0.300. The normalized spacial score (nSPS) is 11.3. The van der Waals surface area contributed by atoms with Crippen LogP contribution in [0.5, 0.6) is 0 Å². The van der Waals surface area contributed by atoms with Gasteiger partial charge in [0.1, 0.15) is 12.4 Å². The Morgan fingerprint density at radius 1 is 1.12 bits per heavy atom. The van der Waals surface area contributed by atoms with Crippen LogP contribution >= 0.6 is 24.0 Å². The van der Waals surface area contributed by atoms with Gasteiger partial charge in [0.25, 0.3) is 0 Å². The van der Waals surface area contributed by atoms with Crippen LogP contribution < -0.4 is 5.32 Å². The number of fused-ring (bicyclic) bond motifs is 1. The highest BCUT2D eigenvalue weighted by Crippen LogP contribution is 2.15. The van der Waals surface area contributed by atoms with Gasteiger partial charge in [-0.15, -0.1) is 24.0 Å². The van der Waals surface area contributed by atoms with Crippen molar-refractivity contribution in [2.24, 2.45) is 12.0 Å². The zero-order valence-electron chi connectivity index (χ0n) is 15.5. The molecule has 0 unspecified atom stereocenters. The van der Waals surface area contributed by atoms with Gasteiger partial charge in [0, 0.05) is 27.2 Å². The molecule has 0 amide bonds. The number of imidazole rings is 1. The topological polar surface area (TPSA) is 45.5 Å². The third-order valence-corrected chi connectivity index (χ3v) is 4.21. The van der Waals surface area contributed by atoms with Crippen LogP contribution in [-0.4, -0.2) is 34.0 Å². The zero-order valence-corrected chi connectivity index (χ0v) is 17.8. The Bertz CT molecular complexity index is 857. The van der Waals surface area contributed by atoms with Crippen molar-refractivity contribution in [3.63, 3.8) is 0 Å². The lowest BCUT2D eigenvalue weighted by Crippen LogP contribution is -2.38. The van der Waals surface area contributed by atoms with Crippen LogP contribution in [0.25, 0.3) is 11.0 Å². The molecule has 26 heavy (non-hydrogen) atoms. The number of aryl methyl sites for hydroxylation is 1. The number of hydrogen-bond acceptors (Lipinski definition) is 2. The maximum Gasteiger partial charge on any atom is 0.194 e. The van der Waals surface area contributed by atoms with E-state index in [9.17, 15) is 0 Å². The van der Waals surface area contributed by atoms with Gasteiger partial charge in [-0.05, 0) is 24.6 Å². The molecule has 0 bridgehead atoms. The fourth-order valence-electron chi connectivity index (χ4n) is 2.88. The first-order valence-corrected chi connectivity index (χ1v) is 8.62. The van der Waals surface area contributed by atoms with Gasteiger partial charge in [0.15, 0.2) is 5.96 Å². The van der Waals surface area contributed by atoms with E-state index < -0.39 is 0 Å². The van der Waals surface area contributed by atoms with Crippen molar-refractivity contribution in [3.05, 3.63) is 66.0 Å². The van der Waals surface area contributed by atoms with Crippen LogP contribution in [0.1, 0.15) is 18.3 Å². The summed E-state index contributed by atoms with van der Waals surface area (Å²) >= 11 is 0. The molecular weight excluding hydrogens is 437 g/mol. The van der Waals surface area contributed by atoms with E-state index >= 15 is 0 Å². The maximum absolute atomic E-state index is 4.78. The molecule has 0 saturated carbocycles. The van der Waals surface area contributed by atoms with Gasteiger partial charge < -0.3 is 14.8 Å². The Morgan fingerprint density at radius 3 is 2.50 bits per heavy atom. The highest BCUT2D eigenvalue weighted by atomic mass is 127. The van der Waals surface area contributed by atoms with Crippen molar-refractivity contribution in [2.75, 3.05) is 13.6 Å². The Balaban J connectivity index is 0.00000243. The van der Waals surface area contributed by atoms with Crippen molar-refractivity contribution in [3.8, 4) is 0 Å². The molecule has 0 aliphatic carbocycles. The van der Waals surface area contributed by atoms with Crippen LogP contribution in [0.4, 0.5) is 0 Å². The third-order valence-electron chi connectivity index (χ3n) is 4.21. The average Bonchev–Trinajstić information content (AvgIpc) is 2.96. The van der Waals surface area contributed by atoms with E-state index in [1.54, 1.807) is 0 Å². The van der Waals surface area contributed by atoms with Crippen molar-refractivity contribution in [1.29, 1.82) is 0 Å². The number of aromatic nitrogens is 2. The van der Waals surface area contributed by atoms with Crippen LogP contribution in [0, 0.1) is 0 Å². The van der Waals surface area contributed by atoms with Crippen molar-refractivity contribution >= 4 is 41.0 Å². The molecule has 0 radical (unpaired) electrons. The molecule has 6 heteroatoms. The highest BCUT2D eigenvalue weighted by Gasteiger charge is 2.09. The number of benzene rings is 2. The number of nitrogens with one attached hydrogen (secondary N) is 1. The van der Waals surface area contributed by atoms with Crippen LogP contribution in [-0.2, 0) is 20.1 Å².